The summed E-state index contributed by atoms with van der Waals surface area (Å²) in [7, 11) is -2.56. The van der Waals surface area contributed by atoms with Gasteiger partial charge in [-0.3, -0.25) is 14.3 Å². The third-order valence-electron chi connectivity index (χ3n) is 4.76. The molecule has 0 aromatic heterocycles. The Morgan fingerprint density at radius 3 is 2.12 bits per heavy atom. The summed E-state index contributed by atoms with van der Waals surface area (Å²) in [6, 6.07) is 14.6. The van der Waals surface area contributed by atoms with Gasteiger partial charge in [-0.25, -0.2) is 12.8 Å². The fourth-order valence-corrected chi connectivity index (χ4v) is 4.04. The molecule has 0 radical (unpaired) electrons. The largest absolute Gasteiger partial charge is 0.355 e. The molecular formula is C23H22FN3O4S. The number of benzene rings is 3. The van der Waals surface area contributed by atoms with Gasteiger partial charge in [-0.05, 0) is 61.9 Å². The first-order valence-corrected chi connectivity index (χ1v) is 11.1. The summed E-state index contributed by atoms with van der Waals surface area (Å²) in [4.78, 5) is 24.5. The molecule has 32 heavy (non-hydrogen) atoms. The number of amides is 2. The van der Waals surface area contributed by atoms with Crippen LogP contribution < -0.4 is 15.4 Å². The maximum Gasteiger partial charge on any atom is 0.261 e. The number of aryl methyl sites for hydroxylation is 2. The fourth-order valence-electron chi connectivity index (χ4n) is 2.96. The van der Waals surface area contributed by atoms with Crippen molar-refractivity contribution in [1.82, 2.24) is 5.32 Å². The molecule has 0 heterocycles. The highest BCUT2D eigenvalue weighted by molar-refractivity contribution is 7.92. The number of carbonyl (C=O) groups excluding carboxylic acids is 2. The number of sulfonamides is 1. The van der Waals surface area contributed by atoms with Crippen molar-refractivity contribution in [2.45, 2.75) is 18.7 Å². The van der Waals surface area contributed by atoms with Gasteiger partial charge in [0.2, 0.25) is 0 Å². The Labute approximate surface area is 185 Å². The lowest BCUT2D eigenvalue weighted by molar-refractivity contribution is 0.0957. The molecule has 3 N–H and O–H groups in total. The zero-order valence-electron chi connectivity index (χ0n) is 17.7. The molecule has 3 aromatic rings. The van der Waals surface area contributed by atoms with E-state index in [2.05, 4.69) is 15.4 Å². The zero-order valence-corrected chi connectivity index (χ0v) is 18.5. The molecule has 0 bridgehead atoms. The lowest BCUT2D eigenvalue weighted by Gasteiger charge is -2.12. The minimum atomic E-state index is -3.93. The number of nitrogens with one attached hydrogen (secondary N) is 3. The second kappa shape index (κ2) is 9.19. The van der Waals surface area contributed by atoms with E-state index in [4.69, 9.17) is 0 Å². The highest BCUT2D eigenvalue weighted by Gasteiger charge is 2.19. The van der Waals surface area contributed by atoms with Crippen molar-refractivity contribution in [1.29, 1.82) is 0 Å². The van der Waals surface area contributed by atoms with Gasteiger partial charge in [-0.15, -0.1) is 0 Å². The Morgan fingerprint density at radius 2 is 1.47 bits per heavy atom. The van der Waals surface area contributed by atoms with Crippen molar-refractivity contribution in [3.8, 4) is 0 Å². The predicted octanol–water partition coefficient (Wildman–Crippen LogP) is 3.86. The molecule has 166 valence electrons. The highest BCUT2D eigenvalue weighted by Crippen LogP contribution is 2.22. The van der Waals surface area contributed by atoms with Gasteiger partial charge in [0.15, 0.2) is 0 Å². The molecule has 0 spiro atoms. The third kappa shape index (κ3) is 5.12. The number of hydrogen-bond acceptors (Lipinski definition) is 4. The molecule has 0 fully saturated rings. The van der Waals surface area contributed by atoms with Crippen LogP contribution in [-0.2, 0) is 10.0 Å². The summed E-state index contributed by atoms with van der Waals surface area (Å²) in [6.45, 7) is 3.56. The van der Waals surface area contributed by atoms with E-state index < -0.39 is 27.7 Å². The Bertz CT molecular complexity index is 1290. The molecular weight excluding hydrogens is 433 g/mol. The van der Waals surface area contributed by atoms with Crippen LogP contribution in [0.4, 0.5) is 15.8 Å². The Kier molecular flexibility index (Phi) is 6.59. The normalized spacial score (nSPS) is 11.0. The lowest BCUT2D eigenvalue weighted by atomic mass is 10.1. The maximum atomic E-state index is 13.9. The number of rotatable bonds is 6. The van der Waals surface area contributed by atoms with Crippen molar-refractivity contribution in [3.63, 3.8) is 0 Å². The van der Waals surface area contributed by atoms with E-state index in [1.54, 1.807) is 31.2 Å². The van der Waals surface area contributed by atoms with Crippen molar-refractivity contribution in [3.05, 3.63) is 88.7 Å². The fraction of sp³-hybridized carbons (Fsp3) is 0.130. The molecule has 0 atom stereocenters. The van der Waals surface area contributed by atoms with Crippen LogP contribution in [0.15, 0.2) is 65.6 Å². The van der Waals surface area contributed by atoms with Crippen LogP contribution in [0.2, 0.25) is 0 Å². The van der Waals surface area contributed by atoms with Crippen molar-refractivity contribution in [2.75, 3.05) is 17.1 Å². The quantitative estimate of drug-likeness (QED) is 0.525. The molecule has 3 aromatic carbocycles. The smallest absolute Gasteiger partial charge is 0.261 e. The molecule has 0 aliphatic carbocycles. The van der Waals surface area contributed by atoms with E-state index in [-0.39, 0.29) is 21.7 Å². The summed E-state index contributed by atoms with van der Waals surface area (Å²) in [6.07, 6.45) is 0. The average molecular weight is 456 g/mol. The molecule has 0 aliphatic rings. The third-order valence-corrected chi connectivity index (χ3v) is 6.14. The molecule has 9 heteroatoms. The number of halogens is 1. The molecule has 7 nitrogen and oxygen atoms in total. The Hall–Kier alpha value is -3.72. The van der Waals surface area contributed by atoms with Crippen LogP contribution in [0.3, 0.4) is 0 Å². The van der Waals surface area contributed by atoms with Gasteiger partial charge in [0.05, 0.1) is 10.5 Å². The molecule has 0 saturated heterocycles. The number of hydrogen-bond donors (Lipinski definition) is 3. The average Bonchev–Trinajstić information content (AvgIpc) is 2.76. The van der Waals surface area contributed by atoms with Gasteiger partial charge in [-0.1, -0.05) is 23.8 Å². The second-order valence-electron chi connectivity index (χ2n) is 7.18. The van der Waals surface area contributed by atoms with Gasteiger partial charge in [0, 0.05) is 24.0 Å². The predicted molar refractivity (Wildman–Crippen MR) is 121 cm³/mol. The van der Waals surface area contributed by atoms with Crippen LogP contribution in [-0.4, -0.2) is 27.3 Å². The van der Waals surface area contributed by atoms with Crippen molar-refractivity contribution >= 4 is 33.2 Å². The SMILES string of the molecule is CNC(=O)c1cc(NC(=O)c2cc(S(=O)(=O)Nc3ccc(C)cc3)ccc2C)ccc1F. The van der Waals surface area contributed by atoms with Crippen LogP contribution in [0.1, 0.15) is 31.8 Å². The summed E-state index contributed by atoms with van der Waals surface area (Å²) >= 11 is 0. The van der Waals surface area contributed by atoms with Crippen LogP contribution in [0.25, 0.3) is 0 Å². The maximum absolute atomic E-state index is 13.9. The van der Waals surface area contributed by atoms with E-state index in [0.29, 0.717) is 11.3 Å². The van der Waals surface area contributed by atoms with Crippen LogP contribution in [0.5, 0.6) is 0 Å². The summed E-state index contributed by atoms with van der Waals surface area (Å²) in [5.74, 6) is -1.96. The van der Waals surface area contributed by atoms with Crippen LogP contribution >= 0.6 is 0 Å². The van der Waals surface area contributed by atoms with Crippen molar-refractivity contribution < 1.29 is 22.4 Å². The first kappa shape index (κ1) is 23.0. The molecule has 0 saturated carbocycles. The molecule has 3 rings (SSSR count). The van der Waals surface area contributed by atoms with Gasteiger partial charge in [0.25, 0.3) is 21.8 Å². The Morgan fingerprint density at radius 1 is 0.812 bits per heavy atom. The Balaban J connectivity index is 1.87. The van der Waals surface area contributed by atoms with E-state index in [1.165, 1.54) is 37.4 Å². The van der Waals surface area contributed by atoms with Gasteiger partial charge in [-0.2, -0.15) is 0 Å². The first-order chi connectivity index (χ1) is 15.1. The highest BCUT2D eigenvalue weighted by atomic mass is 32.2. The van der Waals surface area contributed by atoms with Gasteiger partial charge < -0.3 is 10.6 Å². The monoisotopic (exact) mass is 455 g/mol. The van der Waals surface area contributed by atoms with Crippen LogP contribution in [0, 0.1) is 19.7 Å². The first-order valence-electron chi connectivity index (χ1n) is 9.64. The number of carbonyl (C=O) groups is 2. The second-order valence-corrected chi connectivity index (χ2v) is 8.86. The van der Waals surface area contributed by atoms with E-state index >= 15 is 0 Å². The van der Waals surface area contributed by atoms with Gasteiger partial charge in [0.1, 0.15) is 5.82 Å². The van der Waals surface area contributed by atoms with Gasteiger partial charge >= 0.3 is 0 Å². The van der Waals surface area contributed by atoms with E-state index in [0.717, 1.165) is 11.6 Å². The summed E-state index contributed by atoms with van der Waals surface area (Å²) < 4.78 is 41.9. The zero-order chi connectivity index (χ0) is 23.5. The minimum absolute atomic E-state index is 0.0843. The number of anilines is 2. The summed E-state index contributed by atoms with van der Waals surface area (Å²) in [5, 5.41) is 4.90. The topological polar surface area (TPSA) is 104 Å². The molecule has 0 aliphatic heterocycles. The minimum Gasteiger partial charge on any atom is -0.355 e. The lowest BCUT2D eigenvalue weighted by Crippen LogP contribution is -2.20. The summed E-state index contributed by atoms with van der Waals surface area (Å²) in [5.41, 5.74) is 2.03. The standard InChI is InChI=1S/C23H22FN3O4S/c1-14-4-7-16(8-5-14)27-32(30,31)18-10-6-15(2)19(13-18)23(29)26-17-9-11-21(24)20(12-17)22(28)25-3/h4-13,27H,1-3H3,(H,25,28)(H,26,29). The molecule has 0 unspecified atom stereocenters. The molecule has 2 amide bonds. The van der Waals surface area contributed by atoms with E-state index in [9.17, 15) is 22.4 Å². The van der Waals surface area contributed by atoms with Crippen molar-refractivity contribution in [2.24, 2.45) is 0 Å². The van der Waals surface area contributed by atoms with E-state index in [1.807, 2.05) is 6.92 Å².